The first-order valence-electron chi connectivity index (χ1n) is 5.89. The Balaban J connectivity index is 2.21. The molecule has 0 spiro atoms. The molecule has 0 amide bonds. The van der Waals surface area contributed by atoms with Crippen molar-refractivity contribution in [3.63, 3.8) is 0 Å². The van der Waals surface area contributed by atoms with Gasteiger partial charge >= 0.3 is 0 Å². The van der Waals surface area contributed by atoms with Crippen LogP contribution in [0.25, 0.3) is 0 Å². The predicted octanol–water partition coefficient (Wildman–Crippen LogP) is 2.94. The summed E-state index contributed by atoms with van der Waals surface area (Å²) in [5.74, 6) is 0. The third-order valence-electron chi connectivity index (χ3n) is 2.94. The van der Waals surface area contributed by atoms with Gasteiger partial charge in [0.2, 0.25) is 0 Å². The normalized spacial score (nSPS) is 12.4. The van der Waals surface area contributed by atoms with Gasteiger partial charge in [-0.25, -0.2) is 9.97 Å². The molecule has 4 heteroatoms. The van der Waals surface area contributed by atoms with Crippen LogP contribution in [0.4, 0.5) is 0 Å². The summed E-state index contributed by atoms with van der Waals surface area (Å²) < 4.78 is 0. The van der Waals surface area contributed by atoms with Crippen LogP contribution in [0.2, 0.25) is 5.02 Å². The zero-order chi connectivity index (χ0) is 13.0. The molecule has 0 bridgehead atoms. The lowest BCUT2D eigenvalue weighted by atomic mass is 10.0. The number of nitrogens with zero attached hydrogens (tertiary/aromatic N) is 2. The average Bonchev–Trinajstić information content (AvgIpc) is 2.39. The molecule has 1 unspecified atom stereocenters. The number of nitrogens with one attached hydrogen (secondary N) is 1. The van der Waals surface area contributed by atoms with Gasteiger partial charge in [0.05, 0.1) is 11.7 Å². The zero-order valence-electron chi connectivity index (χ0n) is 10.5. The van der Waals surface area contributed by atoms with Crippen molar-refractivity contribution < 1.29 is 0 Å². The fourth-order valence-electron chi connectivity index (χ4n) is 1.90. The Morgan fingerprint density at radius 2 is 2.17 bits per heavy atom. The molecule has 1 N–H and O–H groups in total. The SMILES string of the molecule is CNC(Cc1ccc(C)cc1Cl)c1ccncn1. The van der Waals surface area contributed by atoms with E-state index in [1.807, 2.05) is 26.1 Å². The number of rotatable bonds is 4. The molecule has 2 rings (SSSR count). The fraction of sp³-hybridized carbons (Fsp3) is 0.286. The van der Waals surface area contributed by atoms with Crippen LogP contribution in [0.15, 0.2) is 36.8 Å². The highest BCUT2D eigenvalue weighted by atomic mass is 35.5. The Labute approximate surface area is 112 Å². The van der Waals surface area contributed by atoms with Crippen molar-refractivity contribution in [1.82, 2.24) is 15.3 Å². The van der Waals surface area contributed by atoms with Gasteiger partial charge in [-0.2, -0.15) is 0 Å². The van der Waals surface area contributed by atoms with E-state index >= 15 is 0 Å². The Morgan fingerprint density at radius 1 is 1.33 bits per heavy atom. The van der Waals surface area contributed by atoms with Gasteiger partial charge < -0.3 is 5.32 Å². The molecule has 1 aromatic heterocycles. The van der Waals surface area contributed by atoms with Gasteiger partial charge in [0, 0.05) is 11.2 Å². The zero-order valence-corrected chi connectivity index (χ0v) is 11.3. The summed E-state index contributed by atoms with van der Waals surface area (Å²) in [5.41, 5.74) is 3.27. The number of aryl methyl sites for hydroxylation is 1. The lowest BCUT2D eigenvalue weighted by Gasteiger charge is -2.16. The molecule has 18 heavy (non-hydrogen) atoms. The van der Waals surface area contributed by atoms with Gasteiger partial charge in [-0.05, 0) is 43.7 Å². The molecule has 1 atom stereocenters. The van der Waals surface area contributed by atoms with Crippen LogP contribution < -0.4 is 5.32 Å². The van der Waals surface area contributed by atoms with E-state index in [0.717, 1.165) is 22.7 Å². The summed E-state index contributed by atoms with van der Waals surface area (Å²) in [6, 6.07) is 8.21. The number of aromatic nitrogens is 2. The van der Waals surface area contributed by atoms with Crippen molar-refractivity contribution in [3.8, 4) is 0 Å². The monoisotopic (exact) mass is 261 g/mol. The number of likely N-dealkylation sites (N-methyl/N-ethyl adjacent to an activating group) is 1. The summed E-state index contributed by atoms with van der Waals surface area (Å²) in [5, 5.41) is 4.07. The minimum atomic E-state index is 0.146. The van der Waals surface area contributed by atoms with Gasteiger partial charge in [-0.1, -0.05) is 23.7 Å². The highest BCUT2D eigenvalue weighted by Crippen LogP contribution is 2.23. The summed E-state index contributed by atoms with van der Waals surface area (Å²) in [6.45, 7) is 2.04. The summed E-state index contributed by atoms with van der Waals surface area (Å²) >= 11 is 6.26. The van der Waals surface area contributed by atoms with E-state index < -0.39 is 0 Å². The minimum Gasteiger partial charge on any atom is -0.311 e. The Kier molecular flexibility index (Phi) is 4.28. The van der Waals surface area contributed by atoms with Gasteiger partial charge in [0.1, 0.15) is 6.33 Å². The van der Waals surface area contributed by atoms with Crippen LogP contribution in [0, 0.1) is 6.92 Å². The molecule has 0 radical (unpaired) electrons. The maximum absolute atomic E-state index is 6.26. The second-order valence-corrected chi connectivity index (χ2v) is 4.68. The van der Waals surface area contributed by atoms with Crippen LogP contribution in [-0.2, 0) is 6.42 Å². The molecule has 1 aromatic carbocycles. The third-order valence-corrected chi connectivity index (χ3v) is 3.29. The second-order valence-electron chi connectivity index (χ2n) is 4.27. The Morgan fingerprint density at radius 3 is 2.78 bits per heavy atom. The molecule has 0 aliphatic heterocycles. The maximum Gasteiger partial charge on any atom is 0.115 e. The van der Waals surface area contributed by atoms with E-state index in [-0.39, 0.29) is 6.04 Å². The molecular formula is C14H16ClN3. The first-order chi connectivity index (χ1) is 8.70. The summed E-state index contributed by atoms with van der Waals surface area (Å²) in [7, 11) is 1.93. The first kappa shape index (κ1) is 13.0. The lowest BCUT2D eigenvalue weighted by Crippen LogP contribution is -2.20. The number of halogens is 1. The highest BCUT2D eigenvalue weighted by molar-refractivity contribution is 6.31. The standard InChI is InChI=1S/C14H16ClN3/c1-10-3-4-11(12(15)7-10)8-14(16-2)13-5-6-17-9-18-13/h3-7,9,14,16H,8H2,1-2H3. The molecule has 0 saturated heterocycles. The molecule has 0 aliphatic rings. The van der Waals surface area contributed by atoms with Crippen LogP contribution in [-0.4, -0.2) is 17.0 Å². The van der Waals surface area contributed by atoms with Gasteiger partial charge in [-0.3, -0.25) is 0 Å². The van der Waals surface area contributed by atoms with Gasteiger partial charge in [0.25, 0.3) is 0 Å². The Hall–Kier alpha value is -1.45. The third kappa shape index (κ3) is 3.06. The maximum atomic E-state index is 6.26. The van der Waals surface area contributed by atoms with E-state index in [0.29, 0.717) is 0 Å². The molecule has 94 valence electrons. The van der Waals surface area contributed by atoms with E-state index in [2.05, 4.69) is 27.4 Å². The van der Waals surface area contributed by atoms with E-state index in [1.165, 1.54) is 5.56 Å². The van der Waals surface area contributed by atoms with Gasteiger partial charge in [0.15, 0.2) is 0 Å². The van der Waals surface area contributed by atoms with Crippen LogP contribution in [0.3, 0.4) is 0 Å². The Bertz CT molecular complexity index is 514. The lowest BCUT2D eigenvalue weighted by molar-refractivity contribution is 0.574. The number of hydrogen-bond acceptors (Lipinski definition) is 3. The van der Waals surface area contributed by atoms with Crippen molar-refractivity contribution in [2.45, 2.75) is 19.4 Å². The largest absolute Gasteiger partial charge is 0.311 e. The van der Waals surface area contributed by atoms with Crippen molar-refractivity contribution in [2.75, 3.05) is 7.05 Å². The quantitative estimate of drug-likeness (QED) is 0.920. The minimum absolute atomic E-state index is 0.146. The van der Waals surface area contributed by atoms with Crippen molar-refractivity contribution in [1.29, 1.82) is 0 Å². The van der Waals surface area contributed by atoms with Crippen molar-refractivity contribution >= 4 is 11.6 Å². The van der Waals surface area contributed by atoms with E-state index in [9.17, 15) is 0 Å². The first-order valence-corrected chi connectivity index (χ1v) is 6.26. The molecule has 2 aromatic rings. The summed E-state index contributed by atoms with van der Waals surface area (Å²) in [4.78, 5) is 8.21. The van der Waals surface area contributed by atoms with Crippen LogP contribution in [0.5, 0.6) is 0 Å². The van der Waals surface area contributed by atoms with Crippen molar-refractivity contribution in [2.24, 2.45) is 0 Å². The van der Waals surface area contributed by atoms with Gasteiger partial charge in [-0.15, -0.1) is 0 Å². The van der Waals surface area contributed by atoms with Crippen LogP contribution >= 0.6 is 11.6 Å². The summed E-state index contributed by atoms with van der Waals surface area (Å²) in [6.07, 6.45) is 4.13. The highest BCUT2D eigenvalue weighted by Gasteiger charge is 2.13. The molecule has 3 nitrogen and oxygen atoms in total. The fourth-order valence-corrected chi connectivity index (χ4v) is 2.21. The molecule has 1 heterocycles. The predicted molar refractivity (Wildman–Crippen MR) is 73.7 cm³/mol. The molecular weight excluding hydrogens is 246 g/mol. The smallest absolute Gasteiger partial charge is 0.115 e. The average molecular weight is 262 g/mol. The van der Waals surface area contributed by atoms with E-state index in [4.69, 9.17) is 11.6 Å². The second kappa shape index (κ2) is 5.94. The number of benzene rings is 1. The molecule has 0 fully saturated rings. The molecule has 0 saturated carbocycles. The topological polar surface area (TPSA) is 37.8 Å². The van der Waals surface area contributed by atoms with E-state index in [1.54, 1.807) is 12.5 Å². The van der Waals surface area contributed by atoms with Crippen LogP contribution in [0.1, 0.15) is 22.9 Å². The number of hydrogen-bond donors (Lipinski definition) is 1. The van der Waals surface area contributed by atoms with Crippen molar-refractivity contribution in [3.05, 3.63) is 58.6 Å². The molecule has 0 aliphatic carbocycles.